The minimum absolute atomic E-state index is 0.731. The van der Waals surface area contributed by atoms with Crippen molar-refractivity contribution < 1.29 is 4.42 Å². The van der Waals surface area contributed by atoms with Gasteiger partial charge in [-0.1, -0.05) is 152 Å². The van der Waals surface area contributed by atoms with Gasteiger partial charge < -0.3 is 9.32 Å². The summed E-state index contributed by atoms with van der Waals surface area (Å²) >= 11 is 0. The maximum Gasteiger partial charge on any atom is 0.143 e. The summed E-state index contributed by atoms with van der Waals surface area (Å²) in [6, 6.07) is 61.6. The predicted octanol–water partition coefficient (Wildman–Crippen LogP) is 14.0. The molecular formula is C51H35NO. The van der Waals surface area contributed by atoms with E-state index >= 15 is 0 Å². The molecule has 0 saturated carbocycles. The Balaban J connectivity index is 1.14. The number of fused-ring (bicyclic) bond motifs is 6. The van der Waals surface area contributed by atoms with E-state index in [0.717, 1.165) is 61.3 Å². The molecule has 9 aromatic rings. The van der Waals surface area contributed by atoms with Crippen LogP contribution in [0, 0.1) is 12.3 Å². The molecule has 0 spiro atoms. The van der Waals surface area contributed by atoms with Crippen LogP contribution < -0.4 is 4.90 Å². The number of furan rings is 1. The fourth-order valence-corrected chi connectivity index (χ4v) is 7.49. The lowest BCUT2D eigenvalue weighted by molar-refractivity contribution is 0.670. The smallest absolute Gasteiger partial charge is 0.143 e. The first kappa shape index (κ1) is 31.9. The summed E-state index contributed by atoms with van der Waals surface area (Å²) in [4.78, 5) is 2.16. The summed E-state index contributed by atoms with van der Waals surface area (Å²) in [6.07, 6.45) is 10.6. The molecule has 0 aliphatic heterocycles. The summed E-state index contributed by atoms with van der Waals surface area (Å²) in [5.74, 6) is 3.03. The van der Waals surface area contributed by atoms with Gasteiger partial charge in [0.1, 0.15) is 11.2 Å². The zero-order chi connectivity index (χ0) is 35.7. The van der Waals surface area contributed by atoms with Crippen LogP contribution in [0.2, 0.25) is 0 Å². The number of benzene rings is 8. The van der Waals surface area contributed by atoms with Crippen molar-refractivity contribution in [2.24, 2.45) is 0 Å². The Kier molecular flexibility index (Phi) is 8.16. The lowest BCUT2D eigenvalue weighted by Crippen LogP contribution is -2.15. The van der Waals surface area contributed by atoms with Crippen molar-refractivity contribution in [2.45, 2.75) is 6.92 Å². The van der Waals surface area contributed by atoms with E-state index in [0.29, 0.717) is 0 Å². The minimum Gasteiger partial charge on any atom is -0.455 e. The second kappa shape index (κ2) is 13.6. The molecule has 2 heteroatoms. The summed E-state index contributed by atoms with van der Waals surface area (Å²) in [5, 5.41) is 7.17. The largest absolute Gasteiger partial charge is 0.455 e. The molecule has 0 unspecified atom stereocenters. The number of anilines is 2. The van der Waals surface area contributed by atoms with E-state index in [2.05, 4.69) is 188 Å². The number of terminal acetylenes is 1. The highest BCUT2D eigenvalue weighted by atomic mass is 16.3. The van der Waals surface area contributed by atoms with E-state index in [9.17, 15) is 0 Å². The lowest BCUT2D eigenvalue weighted by Gasteiger charge is -2.25. The molecule has 0 amide bonds. The van der Waals surface area contributed by atoms with Crippen LogP contribution >= 0.6 is 0 Å². The van der Waals surface area contributed by atoms with Crippen LogP contribution in [-0.2, 0) is 0 Å². The van der Waals surface area contributed by atoms with Crippen LogP contribution in [-0.4, -0.2) is 0 Å². The molecule has 0 saturated heterocycles. The van der Waals surface area contributed by atoms with Gasteiger partial charge >= 0.3 is 0 Å². The first-order valence-corrected chi connectivity index (χ1v) is 17.9. The van der Waals surface area contributed by atoms with Crippen molar-refractivity contribution >= 4 is 60.4 Å². The average molecular weight is 678 g/mol. The van der Waals surface area contributed by atoms with Crippen molar-refractivity contribution in [3.05, 3.63) is 199 Å². The van der Waals surface area contributed by atoms with Gasteiger partial charge in [0.25, 0.3) is 0 Å². The van der Waals surface area contributed by atoms with Crippen molar-refractivity contribution in [1.82, 2.24) is 0 Å². The maximum absolute atomic E-state index is 6.38. The molecule has 0 aliphatic carbocycles. The number of allylic oxidation sites excluding steroid dienone is 4. The van der Waals surface area contributed by atoms with Gasteiger partial charge in [-0.25, -0.2) is 0 Å². The van der Waals surface area contributed by atoms with Gasteiger partial charge in [-0.3, -0.25) is 0 Å². The number of nitrogens with zero attached hydrogens (tertiary/aromatic N) is 1. The van der Waals surface area contributed by atoms with Crippen molar-refractivity contribution in [1.29, 1.82) is 0 Å². The van der Waals surface area contributed by atoms with Gasteiger partial charge in [0.2, 0.25) is 0 Å². The predicted molar refractivity (Wildman–Crippen MR) is 225 cm³/mol. The molecule has 2 nitrogen and oxygen atoms in total. The first-order chi connectivity index (χ1) is 26.2. The second-order valence-electron chi connectivity index (χ2n) is 13.3. The molecule has 0 bridgehead atoms. The van der Waals surface area contributed by atoms with Gasteiger partial charge in [0.05, 0.1) is 5.70 Å². The molecule has 0 N–H and O–H groups in total. The molecule has 9 rings (SSSR count). The van der Waals surface area contributed by atoms with Crippen LogP contribution in [0.3, 0.4) is 0 Å². The van der Waals surface area contributed by atoms with Crippen molar-refractivity contribution in [2.75, 3.05) is 4.90 Å². The van der Waals surface area contributed by atoms with Gasteiger partial charge in [0, 0.05) is 27.7 Å². The summed E-state index contributed by atoms with van der Waals surface area (Å²) in [5.41, 5.74) is 11.2. The standard InChI is InChI=1S/C51H35NO/c1-3-40(29-24-35(2)49-34-39-16-7-8-17-43(39)45-18-9-10-19-46(45)49)52(41-30-25-37(26-31-41)36-14-5-4-6-15-36)42-32-27-38(28-33-42)44-21-13-22-48-47-20-11-12-23-50(47)53-51(44)48/h1,4-34H,2H3/b35-24+,40-29+. The molecule has 0 aliphatic rings. The van der Waals surface area contributed by atoms with Gasteiger partial charge in [-0.2, -0.15) is 0 Å². The van der Waals surface area contributed by atoms with E-state index in [1.165, 1.54) is 32.7 Å². The average Bonchev–Trinajstić information content (AvgIpc) is 3.62. The highest BCUT2D eigenvalue weighted by molar-refractivity contribution is 6.12. The lowest BCUT2D eigenvalue weighted by atomic mass is 9.93. The van der Waals surface area contributed by atoms with E-state index in [1.807, 2.05) is 18.2 Å². The summed E-state index contributed by atoms with van der Waals surface area (Å²) in [7, 11) is 0. The Labute approximate surface area is 309 Å². The molecule has 0 radical (unpaired) electrons. The van der Waals surface area contributed by atoms with E-state index in [1.54, 1.807) is 0 Å². The molecule has 1 aromatic heterocycles. The maximum atomic E-state index is 6.38. The Morgan fingerprint density at radius 1 is 0.528 bits per heavy atom. The van der Waals surface area contributed by atoms with Crippen LogP contribution in [0.4, 0.5) is 11.4 Å². The molecule has 0 atom stereocenters. The quantitative estimate of drug-likeness (QED) is 0.0948. The van der Waals surface area contributed by atoms with E-state index < -0.39 is 0 Å². The molecule has 250 valence electrons. The third-order valence-corrected chi connectivity index (χ3v) is 10.1. The highest BCUT2D eigenvalue weighted by Gasteiger charge is 2.16. The highest BCUT2D eigenvalue weighted by Crippen LogP contribution is 2.38. The second-order valence-corrected chi connectivity index (χ2v) is 13.3. The van der Waals surface area contributed by atoms with Crippen LogP contribution in [0.25, 0.3) is 71.3 Å². The summed E-state index contributed by atoms with van der Waals surface area (Å²) in [6.45, 7) is 2.16. The van der Waals surface area contributed by atoms with E-state index in [4.69, 9.17) is 10.8 Å². The Hall–Kier alpha value is -7.08. The first-order valence-electron chi connectivity index (χ1n) is 17.9. The normalized spacial score (nSPS) is 12.1. The topological polar surface area (TPSA) is 16.4 Å². The number of rotatable bonds is 7. The summed E-state index contributed by atoms with van der Waals surface area (Å²) < 4.78 is 6.38. The molecule has 1 heterocycles. The number of para-hydroxylation sites is 2. The fraction of sp³-hybridized carbons (Fsp3) is 0.0196. The third kappa shape index (κ3) is 5.85. The molecule has 8 aromatic carbocycles. The number of hydrogen-bond acceptors (Lipinski definition) is 2. The fourth-order valence-electron chi connectivity index (χ4n) is 7.49. The Bertz CT molecular complexity index is 2880. The molecule has 0 fully saturated rings. The third-order valence-electron chi connectivity index (χ3n) is 10.1. The molecule has 53 heavy (non-hydrogen) atoms. The van der Waals surface area contributed by atoms with Gasteiger partial charge in [-0.05, 0) is 98.8 Å². The van der Waals surface area contributed by atoms with Gasteiger partial charge in [-0.15, -0.1) is 6.42 Å². The Morgan fingerprint density at radius 3 is 1.85 bits per heavy atom. The SMILES string of the molecule is C#C/C(=C\C=C(/C)c1cc2ccccc2c2ccccc12)N(c1ccc(-c2ccccc2)cc1)c1ccc(-c2cccc3c2oc2ccccc23)cc1. The molecular weight excluding hydrogens is 643 g/mol. The van der Waals surface area contributed by atoms with Gasteiger partial charge in [0.15, 0.2) is 0 Å². The number of hydrogen-bond donors (Lipinski definition) is 0. The zero-order valence-corrected chi connectivity index (χ0v) is 29.3. The van der Waals surface area contributed by atoms with Crippen molar-refractivity contribution in [3.63, 3.8) is 0 Å². The van der Waals surface area contributed by atoms with Crippen LogP contribution in [0.5, 0.6) is 0 Å². The minimum atomic E-state index is 0.731. The van der Waals surface area contributed by atoms with E-state index in [-0.39, 0.29) is 0 Å². The zero-order valence-electron chi connectivity index (χ0n) is 29.3. The Morgan fingerprint density at radius 2 is 1.11 bits per heavy atom. The van der Waals surface area contributed by atoms with Crippen molar-refractivity contribution in [3.8, 4) is 34.6 Å². The monoisotopic (exact) mass is 677 g/mol. The van der Waals surface area contributed by atoms with Crippen LogP contribution in [0.15, 0.2) is 198 Å². The van der Waals surface area contributed by atoms with Crippen LogP contribution in [0.1, 0.15) is 12.5 Å².